The minimum atomic E-state index is -0.553. The van der Waals surface area contributed by atoms with Crippen LogP contribution in [-0.2, 0) is 4.79 Å². The van der Waals surface area contributed by atoms with Gasteiger partial charge in [-0.05, 0) is 109 Å². The summed E-state index contributed by atoms with van der Waals surface area (Å²) in [6, 6.07) is 0. The van der Waals surface area contributed by atoms with E-state index in [1.54, 1.807) is 0 Å². The van der Waals surface area contributed by atoms with Gasteiger partial charge in [0, 0.05) is 0 Å². The maximum atomic E-state index is 12.8. The number of aliphatic hydroxyl groups excluding tert-OH is 1. The van der Waals surface area contributed by atoms with Crippen LogP contribution in [0.1, 0.15) is 113 Å². The van der Waals surface area contributed by atoms with Gasteiger partial charge < -0.3 is 10.2 Å². The fraction of sp³-hybridized carbons (Fsp3) is 0.900. The lowest BCUT2D eigenvalue weighted by Gasteiger charge is -2.71. The average molecular weight is 458 g/mol. The predicted octanol–water partition coefficient (Wildman–Crippen LogP) is 7.23. The molecule has 4 fully saturated rings. The van der Waals surface area contributed by atoms with E-state index in [2.05, 4.69) is 54.5 Å². The van der Waals surface area contributed by atoms with Crippen LogP contribution in [0.3, 0.4) is 0 Å². The Hall–Kier alpha value is -0.830. The zero-order valence-corrected chi connectivity index (χ0v) is 22.3. The topological polar surface area (TPSA) is 57.5 Å². The lowest BCUT2D eigenvalue weighted by atomic mass is 9.34. The van der Waals surface area contributed by atoms with Gasteiger partial charge in [-0.3, -0.25) is 4.79 Å². The molecule has 0 aliphatic heterocycles. The van der Waals surface area contributed by atoms with Gasteiger partial charge >= 0.3 is 5.97 Å². The van der Waals surface area contributed by atoms with Crippen molar-refractivity contribution in [1.29, 1.82) is 0 Å². The third-order valence-corrected chi connectivity index (χ3v) is 13.0. The summed E-state index contributed by atoms with van der Waals surface area (Å²) < 4.78 is 0. The third-order valence-electron chi connectivity index (χ3n) is 13.0. The Bertz CT molecular complexity index is 885. The van der Waals surface area contributed by atoms with E-state index >= 15 is 0 Å². The molecule has 2 N–H and O–H groups in total. The highest BCUT2D eigenvalue weighted by atomic mass is 16.4. The molecule has 3 nitrogen and oxygen atoms in total. The van der Waals surface area contributed by atoms with Gasteiger partial charge in [0.25, 0.3) is 0 Å². The van der Waals surface area contributed by atoms with E-state index in [4.69, 9.17) is 0 Å². The second kappa shape index (κ2) is 6.89. The number of allylic oxidation sites excluding steroid dienone is 2. The molecule has 0 aromatic rings. The van der Waals surface area contributed by atoms with Crippen LogP contribution in [0.5, 0.6) is 0 Å². The molecular weight excluding hydrogens is 409 g/mol. The molecule has 186 valence electrons. The average Bonchev–Trinajstić information content (AvgIpc) is 2.71. The number of carboxylic acids is 1. The van der Waals surface area contributed by atoms with E-state index in [0.29, 0.717) is 11.8 Å². The van der Waals surface area contributed by atoms with Crippen LogP contribution < -0.4 is 0 Å². The molecule has 33 heavy (non-hydrogen) atoms. The van der Waals surface area contributed by atoms with E-state index in [1.807, 2.05) is 0 Å². The summed E-state index contributed by atoms with van der Waals surface area (Å²) in [6.07, 6.45) is 12.6. The summed E-state index contributed by atoms with van der Waals surface area (Å²) in [5.41, 5.74) is 1.68. The molecule has 5 aliphatic carbocycles. The molecule has 4 saturated carbocycles. The summed E-state index contributed by atoms with van der Waals surface area (Å²) in [5, 5.41) is 21.4. The number of fused-ring (bicyclic) bond motifs is 7. The Morgan fingerprint density at radius 3 is 2.21 bits per heavy atom. The standard InChI is InChI=1S/C30H48O3/c1-25(2)14-16-30(24(32)33)17-15-28(6)19(20(30)18-25)8-9-22-27(5)12-11-23(31)26(3,4)21(27)10-13-29(22,28)7/h8,20-23,31H,9-18H2,1-7H3,(H,32,33)/t20-,21-,22+,23-,27-,28+,29+,30-/m0/s1/i11+1. The monoisotopic (exact) mass is 457 g/mol. The summed E-state index contributed by atoms with van der Waals surface area (Å²) in [6.45, 7) is 16.9. The van der Waals surface area contributed by atoms with Crippen molar-refractivity contribution in [3.8, 4) is 0 Å². The maximum Gasteiger partial charge on any atom is 0.310 e. The fourth-order valence-electron chi connectivity index (χ4n) is 10.6. The Labute approximate surface area is 201 Å². The molecule has 0 aromatic heterocycles. The SMILES string of the molecule is CC1(C)CC[C@]2(C(=O)O)CC[C@]3(C)C(=CC[C@@H]4[C@@]5(C)C[13CH2][C@H](O)C(C)(C)[C@@H]5CC[C@]43C)[C@@H]2C1. The fourth-order valence-corrected chi connectivity index (χ4v) is 10.6. The van der Waals surface area contributed by atoms with Gasteiger partial charge in [-0.2, -0.15) is 0 Å². The minimum Gasteiger partial charge on any atom is -0.481 e. The number of rotatable bonds is 1. The number of hydrogen-bond acceptors (Lipinski definition) is 2. The lowest BCUT2D eigenvalue weighted by Crippen LogP contribution is -2.65. The van der Waals surface area contributed by atoms with E-state index in [-0.39, 0.29) is 39.1 Å². The van der Waals surface area contributed by atoms with Gasteiger partial charge in [0.05, 0.1) is 11.5 Å². The molecule has 5 rings (SSSR count). The molecule has 0 spiro atoms. The molecule has 0 amide bonds. The highest BCUT2D eigenvalue weighted by Crippen LogP contribution is 2.75. The van der Waals surface area contributed by atoms with Crippen molar-refractivity contribution in [1.82, 2.24) is 0 Å². The highest BCUT2D eigenvalue weighted by Gasteiger charge is 2.69. The zero-order valence-electron chi connectivity index (χ0n) is 22.3. The quantitative estimate of drug-likeness (QED) is 0.322. The molecular formula is C30H48O3. The van der Waals surface area contributed by atoms with Crippen LogP contribution in [0.25, 0.3) is 0 Å². The van der Waals surface area contributed by atoms with Crippen molar-refractivity contribution < 1.29 is 15.0 Å². The van der Waals surface area contributed by atoms with Crippen LogP contribution in [0, 0.1) is 50.2 Å². The van der Waals surface area contributed by atoms with Gasteiger partial charge in [-0.1, -0.05) is 60.1 Å². The van der Waals surface area contributed by atoms with Crippen molar-refractivity contribution in [2.45, 2.75) is 119 Å². The number of hydrogen-bond donors (Lipinski definition) is 2. The smallest absolute Gasteiger partial charge is 0.310 e. The van der Waals surface area contributed by atoms with Crippen molar-refractivity contribution in [2.24, 2.45) is 50.2 Å². The summed E-state index contributed by atoms with van der Waals surface area (Å²) in [7, 11) is 0. The molecule has 5 aliphatic rings. The molecule has 0 aromatic carbocycles. The van der Waals surface area contributed by atoms with E-state index in [1.165, 1.54) is 18.4 Å². The minimum absolute atomic E-state index is 0.0301. The van der Waals surface area contributed by atoms with Crippen LogP contribution in [-0.4, -0.2) is 22.3 Å². The largest absolute Gasteiger partial charge is 0.481 e. The number of carbonyl (C=O) groups is 1. The molecule has 0 bridgehead atoms. The van der Waals surface area contributed by atoms with Crippen LogP contribution in [0.15, 0.2) is 11.6 Å². The Morgan fingerprint density at radius 2 is 1.55 bits per heavy atom. The van der Waals surface area contributed by atoms with Crippen molar-refractivity contribution in [2.75, 3.05) is 0 Å². The van der Waals surface area contributed by atoms with Crippen molar-refractivity contribution in [3.63, 3.8) is 0 Å². The first-order valence-corrected chi connectivity index (χ1v) is 13.8. The van der Waals surface area contributed by atoms with Gasteiger partial charge in [-0.25, -0.2) is 0 Å². The van der Waals surface area contributed by atoms with E-state index in [9.17, 15) is 15.0 Å². The third kappa shape index (κ3) is 2.87. The Balaban J connectivity index is 1.60. The van der Waals surface area contributed by atoms with Crippen LogP contribution >= 0.6 is 0 Å². The first-order valence-electron chi connectivity index (χ1n) is 13.8. The highest BCUT2D eigenvalue weighted by molar-refractivity contribution is 5.76. The predicted molar refractivity (Wildman–Crippen MR) is 133 cm³/mol. The van der Waals surface area contributed by atoms with Gasteiger partial charge in [-0.15, -0.1) is 0 Å². The van der Waals surface area contributed by atoms with E-state index in [0.717, 1.165) is 51.4 Å². The molecule has 0 saturated heterocycles. The van der Waals surface area contributed by atoms with E-state index < -0.39 is 11.4 Å². The molecule has 0 radical (unpaired) electrons. The van der Waals surface area contributed by atoms with Gasteiger partial charge in [0.2, 0.25) is 0 Å². The van der Waals surface area contributed by atoms with Crippen molar-refractivity contribution >= 4 is 5.97 Å². The molecule has 0 heterocycles. The zero-order chi connectivity index (χ0) is 24.2. The second-order valence-electron chi connectivity index (χ2n) is 15.1. The number of aliphatic hydroxyl groups is 1. The van der Waals surface area contributed by atoms with Crippen LogP contribution in [0.2, 0.25) is 0 Å². The number of aliphatic carboxylic acids is 1. The van der Waals surface area contributed by atoms with Gasteiger partial charge in [0.15, 0.2) is 0 Å². The molecule has 8 atom stereocenters. The first kappa shape index (κ1) is 23.9. The van der Waals surface area contributed by atoms with Crippen molar-refractivity contribution in [3.05, 3.63) is 11.6 Å². The van der Waals surface area contributed by atoms with Crippen LogP contribution in [0.4, 0.5) is 0 Å². The summed E-state index contributed by atoms with van der Waals surface area (Å²) in [4.78, 5) is 12.8. The first-order chi connectivity index (χ1) is 15.1. The lowest BCUT2D eigenvalue weighted by molar-refractivity contribution is -0.205. The summed E-state index contributed by atoms with van der Waals surface area (Å²) >= 11 is 0. The summed E-state index contributed by atoms with van der Waals surface area (Å²) in [5.74, 6) is 0.807. The second-order valence-corrected chi connectivity index (χ2v) is 15.1. The molecule has 3 heteroatoms. The number of carboxylic acid groups (broad SMARTS) is 1. The normalized spacial score (nSPS) is 52.4. The Kier molecular flexibility index (Phi) is 4.99. The Morgan fingerprint density at radius 1 is 0.879 bits per heavy atom. The van der Waals surface area contributed by atoms with Gasteiger partial charge in [0.1, 0.15) is 0 Å². The molecule has 0 unspecified atom stereocenters. The maximum absolute atomic E-state index is 12.8.